The van der Waals surface area contributed by atoms with Crippen molar-refractivity contribution in [1.82, 2.24) is 0 Å². The molecule has 0 amide bonds. The standard InChI is InChI=1S/C20H21ClO4/c1-4-23-18-10-6-15(13-19(18)24-5-2)7-11-20(22)25-16-8-9-17(21)14(3)12-16/h6-13H,4-5H2,1-3H3/b11-7+. The van der Waals surface area contributed by atoms with E-state index in [2.05, 4.69) is 0 Å². The molecule has 2 aromatic rings. The molecule has 0 radical (unpaired) electrons. The van der Waals surface area contributed by atoms with Crippen LogP contribution in [-0.2, 0) is 4.79 Å². The maximum Gasteiger partial charge on any atom is 0.336 e. The molecule has 0 saturated heterocycles. The van der Waals surface area contributed by atoms with Crippen molar-refractivity contribution in [1.29, 1.82) is 0 Å². The van der Waals surface area contributed by atoms with Gasteiger partial charge in [-0.2, -0.15) is 0 Å². The summed E-state index contributed by atoms with van der Waals surface area (Å²) in [5, 5.41) is 0.633. The van der Waals surface area contributed by atoms with Crippen LogP contribution in [0, 0.1) is 6.92 Å². The fourth-order valence-corrected chi connectivity index (χ4v) is 2.28. The molecule has 0 unspecified atom stereocenters. The first-order valence-electron chi connectivity index (χ1n) is 8.09. The van der Waals surface area contributed by atoms with Gasteiger partial charge in [0, 0.05) is 11.1 Å². The third kappa shape index (κ3) is 5.54. The number of hydrogen-bond acceptors (Lipinski definition) is 4. The van der Waals surface area contributed by atoms with E-state index in [4.69, 9.17) is 25.8 Å². The van der Waals surface area contributed by atoms with E-state index in [1.807, 2.05) is 39.0 Å². The highest BCUT2D eigenvalue weighted by Crippen LogP contribution is 2.29. The fourth-order valence-electron chi connectivity index (χ4n) is 2.17. The van der Waals surface area contributed by atoms with E-state index < -0.39 is 5.97 Å². The van der Waals surface area contributed by atoms with E-state index in [1.54, 1.807) is 24.3 Å². The van der Waals surface area contributed by atoms with Crippen LogP contribution in [-0.4, -0.2) is 19.2 Å². The number of benzene rings is 2. The van der Waals surface area contributed by atoms with Gasteiger partial charge in [0.15, 0.2) is 11.5 Å². The van der Waals surface area contributed by atoms with Crippen LogP contribution in [0.4, 0.5) is 0 Å². The van der Waals surface area contributed by atoms with E-state index in [-0.39, 0.29) is 0 Å². The van der Waals surface area contributed by atoms with Crippen LogP contribution in [0.2, 0.25) is 5.02 Å². The topological polar surface area (TPSA) is 44.8 Å². The minimum absolute atomic E-state index is 0.457. The van der Waals surface area contributed by atoms with Gasteiger partial charge < -0.3 is 14.2 Å². The Hall–Kier alpha value is -2.46. The zero-order chi connectivity index (χ0) is 18.2. The van der Waals surface area contributed by atoms with Crippen molar-refractivity contribution in [2.75, 3.05) is 13.2 Å². The molecule has 0 atom stereocenters. The van der Waals surface area contributed by atoms with Crippen molar-refractivity contribution in [3.63, 3.8) is 0 Å². The molecule has 5 heteroatoms. The SMILES string of the molecule is CCOc1ccc(/C=C/C(=O)Oc2ccc(Cl)c(C)c2)cc1OCC. The van der Waals surface area contributed by atoms with E-state index in [0.717, 1.165) is 11.1 Å². The molecule has 0 N–H and O–H groups in total. The molecule has 0 bridgehead atoms. The smallest absolute Gasteiger partial charge is 0.336 e. The maximum absolute atomic E-state index is 12.0. The Morgan fingerprint density at radius 2 is 1.76 bits per heavy atom. The zero-order valence-corrected chi connectivity index (χ0v) is 15.3. The monoisotopic (exact) mass is 360 g/mol. The molecule has 0 aromatic heterocycles. The van der Waals surface area contributed by atoms with Crippen molar-refractivity contribution >= 4 is 23.6 Å². The minimum Gasteiger partial charge on any atom is -0.490 e. The van der Waals surface area contributed by atoms with Gasteiger partial charge in [0.2, 0.25) is 0 Å². The number of aryl methyl sites for hydroxylation is 1. The average Bonchev–Trinajstić information content (AvgIpc) is 2.59. The molecule has 25 heavy (non-hydrogen) atoms. The second kappa shape index (κ2) is 9.14. The second-order valence-electron chi connectivity index (χ2n) is 5.24. The number of esters is 1. The highest BCUT2D eigenvalue weighted by molar-refractivity contribution is 6.31. The van der Waals surface area contributed by atoms with Gasteiger partial charge in [-0.15, -0.1) is 0 Å². The lowest BCUT2D eigenvalue weighted by atomic mass is 10.2. The number of ether oxygens (including phenoxy) is 3. The predicted octanol–water partition coefficient (Wildman–Crippen LogP) is 5.06. The number of carbonyl (C=O) groups is 1. The molecule has 0 heterocycles. The molecule has 0 spiro atoms. The molecule has 0 aliphatic rings. The van der Waals surface area contributed by atoms with Crippen molar-refractivity contribution in [2.45, 2.75) is 20.8 Å². The minimum atomic E-state index is -0.464. The normalized spacial score (nSPS) is 10.7. The van der Waals surface area contributed by atoms with Crippen LogP contribution in [0.3, 0.4) is 0 Å². The molecule has 4 nitrogen and oxygen atoms in total. The number of halogens is 1. The Labute approximate surface area is 153 Å². The Bertz CT molecular complexity index is 768. The number of carbonyl (C=O) groups excluding carboxylic acids is 1. The second-order valence-corrected chi connectivity index (χ2v) is 5.64. The van der Waals surface area contributed by atoms with Gasteiger partial charge in [-0.1, -0.05) is 17.7 Å². The summed E-state index contributed by atoms with van der Waals surface area (Å²) in [5.74, 6) is 1.32. The van der Waals surface area contributed by atoms with E-state index in [1.165, 1.54) is 6.08 Å². The van der Waals surface area contributed by atoms with Crippen molar-refractivity contribution < 1.29 is 19.0 Å². The lowest BCUT2D eigenvalue weighted by molar-refractivity contribution is -0.128. The summed E-state index contributed by atoms with van der Waals surface area (Å²) in [6, 6.07) is 10.6. The molecule has 2 rings (SSSR count). The highest BCUT2D eigenvalue weighted by atomic mass is 35.5. The predicted molar refractivity (Wildman–Crippen MR) is 99.6 cm³/mol. The van der Waals surface area contributed by atoms with Crippen LogP contribution in [0.15, 0.2) is 42.5 Å². The van der Waals surface area contributed by atoms with Gasteiger partial charge in [0.25, 0.3) is 0 Å². The summed E-state index contributed by atoms with van der Waals surface area (Å²) in [7, 11) is 0. The zero-order valence-electron chi connectivity index (χ0n) is 14.5. The maximum atomic E-state index is 12.0. The summed E-state index contributed by atoms with van der Waals surface area (Å²) in [6.45, 7) is 6.76. The largest absolute Gasteiger partial charge is 0.490 e. The summed E-state index contributed by atoms with van der Waals surface area (Å²) in [6.07, 6.45) is 3.04. The molecular weight excluding hydrogens is 340 g/mol. The molecule has 0 saturated carbocycles. The van der Waals surface area contributed by atoms with Crippen LogP contribution >= 0.6 is 11.6 Å². The Balaban J connectivity index is 2.08. The first kappa shape index (κ1) is 18.9. The molecule has 0 aliphatic carbocycles. The van der Waals surface area contributed by atoms with Gasteiger partial charge in [0.1, 0.15) is 5.75 Å². The summed E-state index contributed by atoms with van der Waals surface area (Å²) < 4.78 is 16.4. The first-order chi connectivity index (χ1) is 12.0. The van der Waals surface area contributed by atoms with Crippen LogP contribution in [0.5, 0.6) is 17.2 Å². The number of hydrogen-bond donors (Lipinski definition) is 0. The molecule has 132 valence electrons. The van der Waals surface area contributed by atoms with Crippen molar-refractivity contribution in [3.05, 3.63) is 58.6 Å². The highest BCUT2D eigenvalue weighted by Gasteiger charge is 2.06. The summed E-state index contributed by atoms with van der Waals surface area (Å²) in [5.41, 5.74) is 1.67. The van der Waals surface area contributed by atoms with Gasteiger partial charge in [-0.25, -0.2) is 4.79 Å². The Morgan fingerprint density at radius 1 is 1.04 bits per heavy atom. The number of rotatable bonds is 7. The molecule has 0 aliphatic heterocycles. The molecule has 0 fully saturated rings. The van der Waals surface area contributed by atoms with E-state index in [9.17, 15) is 4.79 Å². The molecule has 2 aromatic carbocycles. The van der Waals surface area contributed by atoms with Crippen molar-refractivity contribution in [2.24, 2.45) is 0 Å². The summed E-state index contributed by atoms with van der Waals surface area (Å²) >= 11 is 5.96. The van der Waals surface area contributed by atoms with Gasteiger partial charge >= 0.3 is 5.97 Å². The lowest BCUT2D eigenvalue weighted by Crippen LogP contribution is -2.03. The third-order valence-corrected chi connectivity index (χ3v) is 3.75. The van der Waals surface area contributed by atoms with Crippen LogP contribution in [0.25, 0.3) is 6.08 Å². The van der Waals surface area contributed by atoms with Crippen molar-refractivity contribution in [3.8, 4) is 17.2 Å². The third-order valence-electron chi connectivity index (χ3n) is 3.33. The fraction of sp³-hybridized carbons (Fsp3) is 0.250. The van der Waals surface area contributed by atoms with Gasteiger partial charge in [-0.3, -0.25) is 0 Å². The van der Waals surface area contributed by atoms with E-state index in [0.29, 0.717) is 35.5 Å². The van der Waals surface area contributed by atoms with Gasteiger partial charge in [0.05, 0.1) is 13.2 Å². The van der Waals surface area contributed by atoms with Crippen LogP contribution in [0.1, 0.15) is 25.0 Å². The first-order valence-corrected chi connectivity index (χ1v) is 8.47. The Kier molecular flexibility index (Phi) is 6.90. The summed E-state index contributed by atoms with van der Waals surface area (Å²) in [4.78, 5) is 12.0. The van der Waals surface area contributed by atoms with Gasteiger partial charge in [-0.05, 0) is 68.3 Å². The van der Waals surface area contributed by atoms with Crippen LogP contribution < -0.4 is 14.2 Å². The molecular formula is C20H21ClO4. The lowest BCUT2D eigenvalue weighted by Gasteiger charge is -2.11. The quantitative estimate of drug-likeness (QED) is 0.393. The Morgan fingerprint density at radius 3 is 2.44 bits per heavy atom. The average molecular weight is 361 g/mol. The van der Waals surface area contributed by atoms with E-state index >= 15 is 0 Å².